The average molecular weight is 245 g/mol. The highest BCUT2D eigenvalue weighted by atomic mass is 32.2. The zero-order chi connectivity index (χ0) is 12.1. The summed E-state index contributed by atoms with van der Waals surface area (Å²) in [6.45, 7) is 4.59. The van der Waals surface area contributed by atoms with Crippen LogP contribution in [-0.2, 0) is 11.1 Å². The van der Waals surface area contributed by atoms with E-state index >= 15 is 0 Å². The molecule has 16 heavy (non-hydrogen) atoms. The maximum Gasteiger partial charge on any atom is 0.153 e. The van der Waals surface area contributed by atoms with E-state index in [-0.39, 0.29) is 10.8 Å². The van der Waals surface area contributed by atoms with Crippen LogP contribution in [0.3, 0.4) is 0 Å². The molecule has 0 aliphatic heterocycles. The molecule has 2 saturated carbocycles. The van der Waals surface area contributed by atoms with Crippen molar-refractivity contribution >= 4 is 11.1 Å². The summed E-state index contributed by atoms with van der Waals surface area (Å²) >= 11 is -1.68. The zero-order valence-electron chi connectivity index (χ0n) is 10.7. The van der Waals surface area contributed by atoms with Crippen LogP contribution in [0.5, 0.6) is 0 Å². The van der Waals surface area contributed by atoms with Crippen LogP contribution in [0.2, 0.25) is 0 Å². The first-order valence-corrected chi connectivity index (χ1v) is 7.33. The van der Waals surface area contributed by atoms with Crippen molar-refractivity contribution in [3.63, 3.8) is 0 Å². The van der Waals surface area contributed by atoms with Gasteiger partial charge >= 0.3 is 0 Å². The van der Waals surface area contributed by atoms with Crippen LogP contribution in [0.15, 0.2) is 0 Å². The number of nitrogens with zero attached hydrogens (tertiary/aromatic N) is 1. The Labute approximate surface area is 101 Å². The van der Waals surface area contributed by atoms with Crippen LogP contribution in [-0.4, -0.2) is 39.6 Å². The van der Waals surface area contributed by atoms with E-state index in [1.165, 1.54) is 12.8 Å². The van der Waals surface area contributed by atoms with E-state index in [1.54, 1.807) is 0 Å². The molecule has 0 radical (unpaired) electrons. The van der Waals surface area contributed by atoms with Gasteiger partial charge in [-0.2, -0.15) is 0 Å². The molecule has 0 aromatic rings. The number of hydrogen-bond donors (Lipinski definition) is 1. The summed E-state index contributed by atoms with van der Waals surface area (Å²) < 4.78 is 20.6. The second kappa shape index (κ2) is 3.79. The summed E-state index contributed by atoms with van der Waals surface area (Å²) in [6.07, 6.45) is 3.53. The third-order valence-electron chi connectivity index (χ3n) is 5.39. The van der Waals surface area contributed by atoms with Crippen molar-refractivity contribution in [2.24, 2.45) is 16.7 Å². The van der Waals surface area contributed by atoms with Gasteiger partial charge in [0.2, 0.25) is 0 Å². The second-order valence-corrected chi connectivity index (χ2v) is 7.23. The Morgan fingerprint density at radius 3 is 2.50 bits per heavy atom. The summed E-state index contributed by atoms with van der Waals surface area (Å²) in [6, 6.07) is 0.470. The van der Waals surface area contributed by atoms with Gasteiger partial charge in [0.15, 0.2) is 11.1 Å². The molecular formula is C12H23NO2S. The van der Waals surface area contributed by atoms with Crippen LogP contribution in [0.1, 0.15) is 33.1 Å². The lowest BCUT2D eigenvalue weighted by molar-refractivity contribution is 0.0744. The molecule has 1 N–H and O–H groups in total. The molecule has 0 spiro atoms. The van der Waals surface area contributed by atoms with Crippen LogP contribution >= 0.6 is 0 Å². The Bertz CT molecular complexity index is 316. The minimum Gasteiger partial charge on any atom is -0.306 e. The molecule has 4 atom stereocenters. The topological polar surface area (TPSA) is 40.5 Å². The van der Waals surface area contributed by atoms with Crippen LogP contribution < -0.4 is 0 Å². The SMILES string of the molecule is CN(C)[C@H]1C[C@@H]2CC[C@@]1(CS(=O)O)C2(C)C. The van der Waals surface area contributed by atoms with E-state index in [2.05, 4.69) is 32.8 Å². The van der Waals surface area contributed by atoms with E-state index in [4.69, 9.17) is 0 Å². The van der Waals surface area contributed by atoms with Crippen LogP contribution in [0.25, 0.3) is 0 Å². The Morgan fingerprint density at radius 2 is 2.06 bits per heavy atom. The van der Waals surface area contributed by atoms with Crippen molar-refractivity contribution in [2.45, 2.75) is 39.2 Å². The van der Waals surface area contributed by atoms with Gasteiger partial charge in [-0.15, -0.1) is 0 Å². The molecule has 1 unspecified atom stereocenters. The van der Waals surface area contributed by atoms with Crippen LogP contribution in [0, 0.1) is 16.7 Å². The first-order chi connectivity index (χ1) is 7.31. The molecule has 2 bridgehead atoms. The fourth-order valence-electron chi connectivity index (χ4n) is 4.30. The highest BCUT2D eigenvalue weighted by molar-refractivity contribution is 7.79. The predicted molar refractivity (Wildman–Crippen MR) is 66.7 cm³/mol. The molecule has 0 saturated heterocycles. The lowest BCUT2D eigenvalue weighted by atomic mass is 9.68. The van der Waals surface area contributed by atoms with Gasteiger partial charge < -0.3 is 9.45 Å². The van der Waals surface area contributed by atoms with Crippen molar-refractivity contribution in [2.75, 3.05) is 19.8 Å². The zero-order valence-corrected chi connectivity index (χ0v) is 11.5. The minimum atomic E-state index is -1.68. The van der Waals surface area contributed by atoms with E-state index in [0.717, 1.165) is 12.3 Å². The average Bonchev–Trinajstić information content (AvgIpc) is 2.48. The second-order valence-electron chi connectivity index (χ2n) is 6.29. The van der Waals surface area contributed by atoms with Gasteiger partial charge in [0.25, 0.3) is 0 Å². The molecule has 2 rings (SSSR count). The first kappa shape index (κ1) is 12.5. The summed E-state index contributed by atoms with van der Waals surface area (Å²) in [5, 5.41) is 0. The Morgan fingerprint density at radius 1 is 1.44 bits per heavy atom. The van der Waals surface area contributed by atoms with Gasteiger partial charge in [-0.05, 0) is 44.7 Å². The van der Waals surface area contributed by atoms with E-state index < -0.39 is 11.1 Å². The highest BCUT2D eigenvalue weighted by Crippen LogP contribution is 2.66. The summed E-state index contributed by atoms with van der Waals surface area (Å²) in [7, 11) is 4.20. The molecule has 2 aliphatic carbocycles. The van der Waals surface area contributed by atoms with E-state index in [9.17, 15) is 8.76 Å². The van der Waals surface area contributed by atoms with Crippen molar-refractivity contribution in [3.05, 3.63) is 0 Å². The van der Waals surface area contributed by atoms with E-state index in [1.807, 2.05) is 0 Å². The van der Waals surface area contributed by atoms with Gasteiger partial charge in [0, 0.05) is 11.5 Å². The third kappa shape index (κ3) is 1.50. The maximum atomic E-state index is 11.3. The van der Waals surface area contributed by atoms with Crippen molar-refractivity contribution in [3.8, 4) is 0 Å². The maximum absolute atomic E-state index is 11.3. The van der Waals surface area contributed by atoms with Gasteiger partial charge in [-0.3, -0.25) is 0 Å². The summed E-state index contributed by atoms with van der Waals surface area (Å²) in [5.41, 5.74) is 0.251. The molecule has 0 amide bonds. The van der Waals surface area contributed by atoms with Crippen LogP contribution in [0.4, 0.5) is 0 Å². The molecular weight excluding hydrogens is 222 g/mol. The summed E-state index contributed by atoms with van der Waals surface area (Å²) in [5.74, 6) is 1.17. The standard InChI is InChI=1S/C12H23NO2S/c1-11(2)9-5-6-12(11,8-16(14)15)10(7-9)13(3)4/h9-10H,5-8H2,1-4H3,(H,14,15)/t9-,10-,12-/m0/s1. The van der Waals surface area contributed by atoms with Crippen molar-refractivity contribution < 1.29 is 8.76 Å². The quantitative estimate of drug-likeness (QED) is 0.773. The highest BCUT2D eigenvalue weighted by Gasteiger charge is 2.64. The molecule has 4 heteroatoms. The summed E-state index contributed by atoms with van der Waals surface area (Å²) in [4.78, 5) is 2.26. The largest absolute Gasteiger partial charge is 0.306 e. The minimum absolute atomic E-state index is 0.0424. The van der Waals surface area contributed by atoms with Crippen molar-refractivity contribution in [1.29, 1.82) is 0 Å². The van der Waals surface area contributed by atoms with E-state index in [0.29, 0.717) is 11.8 Å². The molecule has 2 fully saturated rings. The first-order valence-electron chi connectivity index (χ1n) is 6.05. The smallest absolute Gasteiger partial charge is 0.153 e. The lowest BCUT2D eigenvalue weighted by Gasteiger charge is -2.44. The van der Waals surface area contributed by atoms with Gasteiger partial charge in [0.1, 0.15) is 0 Å². The third-order valence-corrected chi connectivity index (χ3v) is 6.15. The predicted octanol–water partition coefficient (Wildman–Crippen LogP) is 1.96. The Balaban J connectivity index is 2.37. The fraction of sp³-hybridized carbons (Fsp3) is 1.00. The lowest BCUT2D eigenvalue weighted by Crippen LogP contribution is -2.49. The van der Waals surface area contributed by atoms with Crippen molar-refractivity contribution in [1.82, 2.24) is 4.90 Å². The fourth-order valence-corrected chi connectivity index (χ4v) is 5.45. The molecule has 0 heterocycles. The number of fused-ring (bicyclic) bond motifs is 2. The van der Waals surface area contributed by atoms with Gasteiger partial charge in [-0.25, -0.2) is 4.21 Å². The number of hydrogen-bond acceptors (Lipinski definition) is 2. The number of rotatable bonds is 3. The molecule has 0 aromatic carbocycles. The Kier molecular flexibility index (Phi) is 2.96. The van der Waals surface area contributed by atoms with Gasteiger partial charge in [-0.1, -0.05) is 13.8 Å². The van der Waals surface area contributed by atoms with Gasteiger partial charge in [0.05, 0.1) is 5.75 Å². The molecule has 3 nitrogen and oxygen atoms in total. The molecule has 0 aromatic heterocycles. The Hall–Kier alpha value is 0.0700. The molecule has 2 aliphatic rings. The molecule has 94 valence electrons. The monoisotopic (exact) mass is 245 g/mol. The normalized spacial score (nSPS) is 42.9.